The maximum absolute atomic E-state index is 13.7. The smallest absolute Gasteiger partial charge is 0.353 e. The van der Waals surface area contributed by atoms with Crippen molar-refractivity contribution in [3.05, 3.63) is 35.9 Å². The van der Waals surface area contributed by atoms with Gasteiger partial charge in [-0.15, -0.1) is 0 Å². The third-order valence-corrected chi connectivity index (χ3v) is 10.3. The van der Waals surface area contributed by atoms with Gasteiger partial charge in [0.1, 0.15) is 11.7 Å². The molecule has 2 atom stereocenters. The van der Waals surface area contributed by atoms with Crippen molar-refractivity contribution >= 4 is 14.3 Å². The predicted octanol–water partition coefficient (Wildman–Crippen LogP) is 6.80. The van der Waals surface area contributed by atoms with Crippen molar-refractivity contribution in [3.63, 3.8) is 0 Å². The monoisotopic (exact) mass is 460 g/mol. The van der Waals surface area contributed by atoms with E-state index in [2.05, 4.69) is 52.6 Å². The summed E-state index contributed by atoms with van der Waals surface area (Å²) in [5, 5.41) is 11.4. The van der Waals surface area contributed by atoms with E-state index in [1.807, 2.05) is 39.0 Å². The van der Waals surface area contributed by atoms with E-state index in [0.717, 1.165) is 25.7 Å². The van der Waals surface area contributed by atoms with E-state index >= 15 is 0 Å². The standard InChI is InChI=1S/C27H44O4Si/c1-10-11-12-13-14-18-21-27(24(29)30-25(2,3)4,31-32(8,9)26(5,6)7)23(28)22-19-16-15-17-20-22/h15-17,19-20,23,28H,10-14H2,1-9H3/t23-,27-/m0/s1. The van der Waals surface area contributed by atoms with Gasteiger partial charge in [0.05, 0.1) is 0 Å². The lowest BCUT2D eigenvalue weighted by Gasteiger charge is -2.44. The van der Waals surface area contributed by atoms with Crippen molar-refractivity contribution in [2.45, 2.75) is 116 Å². The van der Waals surface area contributed by atoms with Crippen LogP contribution in [-0.4, -0.2) is 30.6 Å². The molecule has 0 aromatic heterocycles. The molecular formula is C27H44O4Si. The summed E-state index contributed by atoms with van der Waals surface area (Å²) in [7, 11) is -2.52. The maximum Gasteiger partial charge on any atom is 0.353 e. The van der Waals surface area contributed by atoms with Crippen LogP contribution in [0.15, 0.2) is 30.3 Å². The first-order valence-electron chi connectivity index (χ1n) is 11.8. The number of carbonyl (C=O) groups excluding carboxylic acids is 1. The van der Waals surface area contributed by atoms with E-state index in [0.29, 0.717) is 12.0 Å². The molecule has 0 radical (unpaired) electrons. The molecule has 0 saturated heterocycles. The van der Waals surface area contributed by atoms with Crippen molar-refractivity contribution in [1.29, 1.82) is 0 Å². The van der Waals surface area contributed by atoms with Crippen molar-refractivity contribution in [3.8, 4) is 11.8 Å². The number of aliphatic hydroxyl groups excluding tert-OH is 1. The summed E-state index contributed by atoms with van der Waals surface area (Å²) in [5.74, 6) is 5.63. The highest BCUT2D eigenvalue weighted by Gasteiger charge is 2.54. The second-order valence-electron chi connectivity index (χ2n) is 11.0. The van der Waals surface area contributed by atoms with E-state index in [4.69, 9.17) is 9.16 Å². The summed E-state index contributed by atoms with van der Waals surface area (Å²) < 4.78 is 12.5. The minimum absolute atomic E-state index is 0.181. The summed E-state index contributed by atoms with van der Waals surface area (Å²) >= 11 is 0. The Balaban J connectivity index is 3.57. The lowest BCUT2D eigenvalue weighted by molar-refractivity contribution is -0.178. The summed E-state index contributed by atoms with van der Waals surface area (Å²) in [6.07, 6.45) is 3.73. The Morgan fingerprint density at radius 3 is 2.12 bits per heavy atom. The van der Waals surface area contributed by atoms with E-state index in [1.165, 1.54) is 0 Å². The quantitative estimate of drug-likeness (QED) is 0.191. The van der Waals surface area contributed by atoms with Gasteiger partial charge in [-0.1, -0.05) is 89.1 Å². The van der Waals surface area contributed by atoms with Gasteiger partial charge < -0.3 is 14.3 Å². The van der Waals surface area contributed by atoms with Gasteiger partial charge in [-0.2, -0.15) is 0 Å². The summed E-state index contributed by atoms with van der Waals surface area (Å²) in [4.78, 5) is 13.7. The molecule has 0 heterocycles. The number of rotatable bonds is 9. The van der Waals surface area contributed by atoms with Crippen LogP contribution in [0.25, 0.3) is 0 Å². The number of aliphatic hydroxyl groups is 1. The molecule has 1 N–H and O–H groups in total. The van der Waals surface area contributed by atoms with E-state index in [9.17, 15) is 9.90 Å². The molecule has 0 bridgehead atoms. The molecule has 0 aliphatic carbocycles. The lowest BCUT2D eigenvalue weighted by Crippen LogP contribution is -2.57. The van der Waals surface area contributed by atoms with Crippen LogP contribution in [0.5, 0.6) is 0 Å². The Bertz CT molecular complexity index is 778. The molecule has 4 nitrogen and oxygen atoms in total. The second-order valence-corrected chi connectivity index (χ2v) is 15.8. The highest BCUT2D eigenvalue weighted by molar-refractivity contribution is 6.74. The molecule has 0 unspecified atom stereocenters. The maximum atomic E-state index is 13.7. The van der Waals surface area contributed by atoms with E-state index in [1.54, 1.807) is 12.1 Å². The molecule has 0 amide bonds. The first-order chi connectivity index (χ1) is 14.7. The molecule has 5 heteroatoms. The van der Waals surface area contributed by atoms with Crippen LogP contribution >= 0.6 is 0 Å². The third kappa shape index (κ3) is 8.06. The van der Waals surface area contributed by atoms with Crippen molar-refractivity contribution in [2.24, 2.45) is 0 Å². The van der Waals surface area contributed by atoms with Crippen LogP contribution in [0, 0.1) is 11.8 Å². The topological polar surface area (TPSA) is 55.8 Å². The number of carbonyl (C=O) groups is 1. The first kappa shape index (κ1) is 28.4. The van der Waals surface area contributed by atoms with Gasteiger partial charge in [-0.25, -0.2) is 4.79 Å². The Labute approximate surface area is 197 Å². The normalized spacial score (nSPS) is 15.3. The molecule has 1 aromatic rings. The summed E-state index contributed by atoms with van der Waals surface area (Å²) in [5.41, 5.74) is -1.95. The zero-order chi connectivity index (χ0) is 24.6. The molecule has 1 rings (SSSR count). The van der Waals surface area contributed by atoms with E-state index < -0.39 is 31.6 Å². The van der Waals surface area contributed by atoms with Gasteiger partial charge >= 0.3 is 5.97 Å². The van der Waals surface area contributed by atoms with Crippen molar-refractivity contribution in [2.75, 3.05) is 0 Å². The van der Waals surface area contributed by atoms with Gasteiger partial charge in [-0.3, -0.25) is 0 Å². The predicted molar refractivity (Wildman–Crippen MR) is 135 cm³/mol. The SMILES string of the molecule is CCCCCCC#C[C@@](O[Si](C)(C)C(C)(C)C)(C(=O)OC(C)(C)C)[C@@H](O)c1ccccc1. The van der Waals surface area contributed by atoms with Crippen molar-refractivity contribution < 1.29 is 19.1 Å². The van der Waals surface area contributed by atoms with Gasteiger partial charge in [0.2, 0.25) is 5.60 Å². The largest absolute Gasteiger partial charge is 0.457 e. The number of esters is 1. The zero-order valence-corrected chi connectivity index (χ0v) is 22.7. The molecule has 0 aliphatic rings. The number of hydrogen-bond acceptors (Lipinski definition) is 4. The molecule has 0 spiro atoms. The van der Waals surface area contributed by atoms with Gasteiger partial charge in [0.25, 0.3) is 0 Å². The minimum Gasteiger partial charge on any atom is -0.457 e. The highest BCUT2D eigenvalue weighted by Crippen LogP contribution is 2.43. The number of unbranched alkanes of at least 4 members (excludes halogenated alkanes) is 4. The van der Waals surface area contributed by atoms with Crippen LogP contribution in [-0.2, 0) is 14.0 Å². The lowest BCUT2D eigenvalue weighted by atomic mass is 9.91. The van der Waals surface area contributed by atoms with Crippen LogP contribution in [0.2, 0.25) is 18.1 Å². The van der Waals surface area contributed by atoms with Gasteiger partial charge in [0, 0.05) is 6.42 Å². The van der Waals surface area contributed by atoms with Gasteiger partial charge in [0.15, 0.2) is 8.32 Å². The number of hydrogen-bond donors (Lipinski definition) is 1. The first-order valence-corrected chi connectivity index (χ1v) is 14.7. The minimum atomic E-state index is -2.52. The van der Waals surface area contributed by atoms with Crippen LogP contribution < -0.4 is 0 Å². The zero-order valence-electron chi connectivity index (χ0n) is 21.7. The fourth-order valence-corrected chi connectivity index (χ4v) is 4.32. The van der Waals surface area contributed by atoms with Crippen LogP contribution in [0.1, 0.15) is 92.2 Å². The molecule has 32 heavy (non-hydrogen) atoms. The van der Waals surface area contributed by atoms with E-state index in [-0.39, 0.29) is 5.04 Å². The molecule has 1 aromatic carbocycles. The molecule has 0 saturated carbocycles. The number of benzene rings is 1. The average molecular weight is 461 g/mol. The third-order valence-electron chi connectivity index (χ3n) is 5.85. The molecule has 0 fully saturated rings. The Morgan fingerprint density at radius 1 is 1.03 bits per heavy atom. The summed E-state index contributed by atoms with van der Waals surface area (Å²) in [6.45, 7) is 18.0. The van der Waals surface area contributed by atoms with Gasteiger partial charge in [-0.05, 0) is 50.9 Å². The fourth-order valence-electron chi connectivity index (χ4n) is 2.97. The Kier molecular flexibility index (Phi) is 10.2. The molecular weight excluding hydrogens is 416 g/mol. The van der Waals surface area contributed by atoms with Crippen molar-refractivity contribution in [1.82, 2.24) is 0 Å². The van der Waals surface area contributed by atoms with Crippen LogP contribution in [0.3, 0.4) is 0 Å². The molecule has 0 aliphatic heterocycles. The Morgan fingerprint density at radius 2 is 1.62 bits per heavy atom. The average Bonchev–Trinajstić information content (AvgIpc) is 2.67. The fraction of sp³-hybridized carbons (Fsp3) is 0.667. The summed E-state index contributed by atoms with van der Waals surface area (Å²) in [6, 6.07) is 9.13. The highest BCUT2D eigenvalue weighted by atomic mass is 28.4. The van der Waals surface area contributed by atoms with Crippen LogP contribution in [0.4, 0.5) is 0 Å². The number of ether oxygens (including phenoxy) is 1. The second kappa shape index (κ2) is 11.5. The Hall–Kier alpha value is -1.61. The molecule has 180 valence electrons.